The molecule has 1 amide bonds. The summed E-state index contributed by atoms with van der Waals surface area (Å²) in [7, 11) is 3.09. The second-order valence-corrected chi connectivity index (χ2v) is 8.85. The van der Waals surface area contributed by atoms with Crippen molar-refractivity contribution in [3.63, 3.8) is 0 Å². The lowest BCUT2D eigenvalue weighted by molar-refractivity contribution is -0.137. The highest BCUT2D eigenvalue weighted by molar-refractivity contribution is 7.12. The highest BCUT2D eigenvalue weighted by Gasteiger charge is 2.32. The van der Waals surface area contributed by atoms with Crippen LogP contribution in [0.4, 0.5) is 13.2 Å². The van der Waals surface area contributed by atoms with E-state index in [1.807, 2.05) is 6.07 Å². The van der Waals surface area contributed by atoms with E-state index in [0.29, 0.717) is 34.1 Å². The normalized spacial score (nSPS) is 15.3. The average Bonchev–Trinajstić information content (AvgIpc) is 3.55. The van der Waals surface area contributed by atoms with Crippen LogP contribution in [0.5, 0.6) is 11.5 Å². The first-order valence-electron chi connectivity index (χ1n) is 10.7. The molecule has 0 spiro atoms. The number of methoxy groups -OCH3 is 2. The van der Waals surface area contributed by atoms with Gasteiger partial charge in [-0.3, -0.25) is 4.79 Å². The van der Waals surface area contributed by atoms with Crippen LogP contribution in [0.1, 0.15) is 32.8 Å². The van der Waals surface area contributed by atoms with Crippen LogP contribution < -0.4 is 9.47 Å². The van der Waals surface area contributed by atoms with E-state index in [9.17, 15) is 18.0 Å². The van der Waals surface area contributed by atoms with E-state index in [1.165, 1.54) is 22.3 Å². The summed E-state index contributed by atoms with van der Waals surface area (Å²) in [5.41, 5.74) is 1.09. The number of carbonyl (C=O) groups is 1. The molecule has 6 nitrogen and oxygen atoms in total. The quantitative estimate of drug-likeness (QED) is 0.400. The Hall–Kier alpha value is -3.53. The smallest absolute Gasteiger partial charge is 0.416 e. The van der Waals surface area contributed by atoms with Crippen LogP contribution >= 0.6 is 11.3 Å². The monoisotopic (exact) mass is 504 g/mol. The summed E-state index contributed by atoms with van der Waals surface area (Å²) in [6.07, 6.45) is -4.49. The van der Waals surface area contributed by atoms with Crippen molar-refractivity contribution in [3.05, 3.63) is 81.5 Å². The van der Waals surface area contributed by atoms with Crippen molar-refractivity contribution in [2.45, 2.75) is 25.2 Å². The van der Waals surface area contributed by atoms with Gasteiger partial charge in [0.2, 0.25) is 0 Å². The van der Waals surface area contributed by atoms with Gasteiger partial charge in [0.15, 0.2) is 17.6 Å². The first kappa shape index (κ1) is 24.6. The second kappa shape index (κ2) is 10.4. The molecule has 2 aromatic carbocycles. The van der Waals surface area contributed by atoms with Crippen LogP contribution in [0.3, 0.4) is 0 Å². The Bertz CT molecular complexity index is 1210. The van der Waals surface area contributed by atoms with Crippen LogP contribution in [0.15, 0.2) is 65.1 Å². The average molecular weight is 505 g/mol. The summed E-state index contributed by atoms with van der Waals surface area (Å²) in [5, 5.41) is 5.96. The Balaban J connectivity index is 1.51. The number of amides is 1. The number of hydrogen-bond acceptors (Lipinski definition) is 6. The minimum Gasteiger partial charge on any atom is -0.493 e. The van der Waals surface area contributed by atoms with Gasteiger partial charge in [0.25, 0.3) is 5.91 Å². The molecule has 1 unspecified atom stereocenters. The zero-order valence-electron chi connectivity index (χ0n) is 19.0. The summed E-state index contributed by atoms with van der Waals surface area (Å²) in [6, 6.07) is 13.8. The van der Waals surface area contributed by atoms with Gasteiger partial charge < -0.3 is 19.2 Å². The molecule has 184 valence electrons. The van der Waals surface area contributed by atoms with Crippen LogP contribution in [-0.2, 0) is 17.6 Å². The van der Waals surface area contributed by atoms with Gasteiger partial charge in [-0.25, -0.2) is 0 Å². The molecule has 1 atom stereocenters. The highest BCUT2D eigenvalue weighted by Crippen LogP contribution is 2.31. The van der Waals surface area contributed by atoms with Gasteiger partial charge >= 0.3 is 6.18 Å². The first-order chi connectivity index (χ1) is 16.8. The van der Waals surface area contributed by atoms with Crippen molar-refractivity contribution in [3.8, 4) is 11.5 Å². The molecule has 0 bridgehead atoms. The summed E-state index contributed by atoms with van der Waals surface area (Å²) >= 11 is 1.27. The number of carbonyl (C=O) groups excluding carboxylic acids is 1. The summed E-state index contributed by atoms with van der Waals surface area (Å²) in [6.45, 7) is 0.166. The number of benzene rings is 2. The van der Waals surface area contributed by atoms with Crippen molar-refractivity contribution in [1.82, 2.24) is 4.90 Å². The molecule has 2 heterocycles. The molecule has 4 rings (SSSR count). The third kappa shape index (κ3) is 5.76. The second-order valence-electron chi connectivity index (χ2n) is 7.90. The standard InChI is InChI=1S/C25H23F3N2O4S/c1-32-21-9-8-17(12-22(21)33-2)20-13-19(34-29-20)15-30(24(31)23-7-4-10-35-23)14-16-5-3-6-18(11-16)25(26,27)28/h3-12,19H,13-15H2,1-2H3. The van der Waals surface area contributed by atoms with Gasteiger partial charge in [-0.1, -0.05) is 23.4 Å². The predicted octanol–water partition coefficient (Wildman–Crippen LogP) is 5.62. The van der Waals surface area contributed by atoms with Crippen molar-refractivity contribution in [2.75, 3.05) is 20.8 Å². The number of nitrogens with zero attached hydrogens (tertiary/aromatic N) is 2. The largest absolute Gasteiger partial charge is 0.493 e. The number of alkyl halides is 3. The Labute approximate surface area is 204 Å². The molecule has 0 aliphatic carbocycles. The SMILES string of the molecule is COc1ccc(C2=NOC(CN(Cc3cccc(C(F)(F)F)c3)C(=O)c3cccs3)C2)cc1OC. The molecule has 0 saturated carbocycles. The molecule has 35 heavy (non-hydrogen) atoms. The molecule has 0 radical (unpaired) electrons. The zero-order valence-corrected chi connectivity index (χ0v) is 19.9. The Morgan fingerprint density at radius 1 is 1.11 bits per heavy atom. The van der Waals surface area contributed by atoms with Gasteiger partial charge in [0, 0.05) is 18.5 Å². The maximum atomic E-state index is 13.2. The summed E-state index contributed by atoms with van der Waals surface area (Å²) in [4.78, 5) is 20.8. The lowest BCUT2D eigenvalue weighted by Crippen LogP contribution is -2.37. The molecular formula is C25H23F3N2O4S. The van der Waals surface area contributed by atoms with Crippen molar-refractivity contribution in [2.24, 2.45) is 5.16 Å². The summed E-state index contributed by atoms with van der Waals surface area (Å²) < 4.78 is 50.2. The highest BCUT2D eigenvalue weighted by atomic mass is 32.1. The van der Waals surface area contributed by atoms with Crippen molar-refractivity contribution >= 4 is 23.0 Å². The minimum atomic E-state index is -4.46. The van der Waals surface area contributed by atoms with Crippen molar-refractivity contribution < 1.29 is 32.3 Å². The van der Waals surface area contributed by atoms with E-state index >= 15 is 0 Å². The van der Waals surface area contributed by atoms with Gasteiger partial charge in [0.05, 0.1) is 36.9 Å². The van der Waals surface area contributed by atoms with Crippen LogP contribution in [-0.4, -0.2) is 43.4 Å². The van der Waals surface area contributed by atoms with E-state index in [1.54, 1.807) is 49.9 Å². The van der Waals surface area contributed by atoms with Crippen LogP contribution in [0.25, 0.3) is 0 Å². The third-order valence-electron chi connectivity index (χ3n) is 5.52. The Kier molecular flexibility index (Phi) is 7.30. The molecular weight excluding hydrogens is 481 g/mol. The Morgan fingerprint density at radius 3 is 2.60 bits per heavy atom. The van der Waals surface area contributed by atoms with E-state index in [-0.39, 0.29) is 19.0 Å². The summed E-state index contributed by atoms with van der Waals surface area (Å²) in [5.74, 6) is 0.858. The first-order valence-corrected chi connectivity index (χ1v) is 11.6. The predicted molar refractivity (Wildman–Crippen MR) is 126 cm³/mol. The van der Waals surface area contributed by atoms with Gasteiger partial charge in [0.1, 0.15) is 0 Å². The van der Waals surface area contributed by atoms with E-state index < -0.39 is 17.8 Å². The number of thiophene rings is 1. The van der Waals surface area contributed by atoms with E-state index in [2.05, 4.69) is 5.16 Å². The van der Waals surface area contributed by atoms with E-state index in [0.717, 1.165) is 17.7 Å². The number of halogens is 3. The van der Waals surface area contributed by atoms with Gasteiger partial charge in [-0.2, -0.15) is 13.2 Å². The number of hydrogen-bond donors (Lipinski definition) is 0. The molecule has 1 aliphatic heterocycles. The molecule has 0 fully saturated rings. The fraction of sp³-hybridized carbons (Fsp3) is 0.280. The van der Waals surface area contributed by atoms with Gasteiger partial charge in [-0.05, 0) is 47.3 Å². The van der Waals surface area contributed by atoms with Gasteiger partial charge in [-0.15, -0.1) is 11.3 Å². The maximum absolute atomic E-state index is 13.2. The van der Waals surface area contributed by atoms with Crippen LogP contribution in [0.2, 0.25) is 0 Å². The lowest BCUT2D eigenvalue weighted by Gasteiger charge is -2.25. The Morgan fingerprint density at radius 2 is 1.91 bits per heavy atom. The molecule has 10 heteroatoms. The number of oxime groups is 1. The number of ether oxygens (including phenoxy) is 2. The third-order valence-corrected chi connectivity index (χ3v) is 6.38. The van der Waals surface area contributed by atoms with E-state index in [4.69, 9.17) is 14.3 Å². The molecule has 0 N–H and O–H groups in total. The molecule has 3 aromatic rings. The topological polar surface area (TPSA) is 60.4 Å². The maximum Gasteiger partial charge on any atom is 0.416 e. The fourth-order valence-corrected chi connectivity index (χ4v) is 4.49. The minimum absolute atomic E-state index is 0.00616. The molecule has 0 saturated heterocycles. The van der Waals surface area contributed by atoms with Crippen LogP contribution in [0, 0.1) is 0 Å². The lowest BCUT2D eigenvalue weighted by atomic mass is 10.0. The van der Waals surface area contributed by atoms with Crippen molar-refractivity contribution in [1.29, 1.82) is 0 Å². The zero-order chi connectivity index (χ0) is 25.0. The fourth-order valence-electron chi connectivity index (χ4n) is 3.80. The molecule has 1 aromatic heterocycles. The number of rotatable bonds is 8. The molecule has 1 aliphatic rings.